The molecule has 7 heteroatoms. The van der Waals surface area contributed by atoms with Crippen LogP contribution in [-0.4, -0.2) is 30.8 Å². The van der Waals surface area contributed by atoms with Crippen LogP contribution in [0.1, 0.15) is 25.0 Å². The molecule has 3 rings (SSSR count). The molecule has 0 aliphatic carbocycles. The van der Waals surface area contributed by atoms with E-state index in [2.05, 4.69) is 22.7 Å². The van der Waals surface area contributed by atoms with Crippen molar-refractivity contribution < 1.29 is 23.8 Å². The van der Waals surface area contributed by atoms with Gasteiger partial charge in [0.05, 0.1) is 0 Å². The molecule has 0 bridgehead atoms. The van der Waals surface area contributed by atoms with Gasteiger partial charge in [-0.1, -0.05) is 42.2 Å². The van der Waals surface area contributed by atoms with Gasteiger partial charge in [0.15, 0.2) is 24.7 Å². The fourth-order valence-corrected chi connectivity index (χ4v) is 2.80. The number of hydrogen-bond donors (Lipinski definition) is 2. The van der Waals surface area contributed by atoms with E-state index >= 15 is 0 Å². The molecule has 7 nitrogen and oxygen atoms in total. The number of carbonyl (C=O) groups is 2. The minimum Gasteiger partial charge on any atom is -0.483 e. The zero-order valence-corrected chi connectivity index (χ0v) is 16.3. The lowest BCUT2D eigenvalue weighted by Crippen LogP contribution is -2.44. The second-order valence-corrected chi connectivity index (χ2v) is 6.99. The van der Waals surface area contributed by atoms with Gasteiger partial charge in [-0.25, -0.2) is 10.2 Å². The summed E-state index contributed by atoms with van der Waals surface area (Å²) in [6.45, 7) is 3.59. The minimum absolute atomic E-state index is 0.101. The Kier molecular flexibility index (Phi) is 6.25. The van der Waals surface area contributed by atoms with Crippen LogP contribution in [0, 0.1) is 11.8 Å². The zero-order chi connectivity index (χ0) is 20.7. The van der Waals surface area contributed by atoms with Crippen LogP contribution in [0.5, 0.6) is 11.5 Å². The Hall–Kier alpha value is -3.66. The van der Waals surface area contributed by atoms with Crippen molar-refractivity contribution in [2.75, 3.05) is 13.2 Å². The smallest absolute Gasteiger partial charge is 0.426 e. The number of nitrogens with one attached hydrogen (secondary N) is 2. The molecule has 150 valence electrons. The summed E-state index contributed by atoms with van der Waals surface area (Å²) in [4.78, 5) is 23.5. The molecule has 0 fully saturated rings. The highest BCUT2D eigenvalue weighted by Gasteiger charge is 2.32. The number of para-hydroxylation sites is 1. The SMILES string of the molecule is CC1(C)Cc2cccc(OCC(=O)NNC(=O)OCC#Cc3ccccc3)c2O1. The maximum absolute atomic E-state index is 11.9. The Labute approximate surface area is 169 Å². The van der Waals surface area contributed by atoms with Gasteiger partial charge in [-0.05, 0) is 32.0 Å². The Bertz CT molecular complexity index is 945. The summed E-state index contributed by atoms with van der Waals surface area (Å²) >= 11 is 0. The van der Waals surface area contributed by atoms with Crippen LogP contribution < -0.4 is 20.3 Å². The number of hydrazine groups is 1. The van der Waals surface area contributed by atoms with E-state index in [0.717, 1.165) is 17.5 Å². The van der Waals surface area contributed by atoms with Crippen molar-refractivity contribution in [2.45, 2.75) is 25.9 Å². The van der Waals surface area contributed by atoms with Crippen molar-refractivity contribution in [2.24, 2.45) is 0 Å². The van der Waals surface area contributed by atoms with Gasteiger partial charge in [0.1, 0.15) is 5.60 Å². The zero-order valence-electron chi connectivity index (χ0n) is 16.3. The third-order valence-corrected chi connectivity index (χ3v) is 4.00. The minimum atomic E-state index is -0.814. The standard InChI is InChI=1S/C22H22N2O5/c1-22(2)14-17-11-6-12-18(20(17)29-22)28-15-19(25)23-24-21(26)27-13-7-10-16-8-4-3-5-9-16/h3-6,8-9,11-12H,13-15H2,1-2H3,(H,23,25)(H,24,26). The third-order valence-electron chi connectivity index (χ3n) is 4.00. The van der Waals surface area contributed by atoms with Crippen molar-refractivity contribution in [3.05, 3.63) is 59.7 Å². The summed E-state index contributed by atoms with van der Waals surface area (Å²) in [5.74, 6) is 6.17. The summed E-state index contributed by atoms with van der Waals surface area (Å²) in [5.41, 5.74) is 5.91. The molecule has 1 aliphatic rings. The lowest BCUT2D eigenvalue weighted by Gasteiger charge is -2.18. The maximum atomic E-state index is 11.9. The number of benzene rings is 2. The maximum Gasteiger partial charge on any atom is 0.426 e. The monoisotopic (exact) mass is 394 g/mol. The van der Waals surface area contributed by atoms with E-state index in [9.17, 15) is 9.59 Å². The summed E-state index contributed by atoms with van der Waals surface area (Å²) < 4.78 is 16.3. The van der Waals surface area contributed by atoms with E-state index in [0.29, 0.717) is 11.5 Å². The average molecular weight is 394 g/mol. The number of ether oxygens (including phenoxy) is 3. The molecule has 0 saturated carbocycles. The van der Waals surface area contributed by atoms with E-state index in [4.69, 9.17) is 14.2 Å². The fourth-order valence-electron chi connectivity index (χ4n) is 2.80. The third kappa shape index (κ3) is 5.91. The van der Waals surface area contributed by atoms with Crippen LogP contribution in [0.3, 0.4) is 0 Å². The Morgan fingerprint density at radius 1 is 1.10 bits per heavy atom. The average Bonchev–Trinajstić information content (AvgIpc) is 3.03. The molecule has 0 atom stereocenters. The molecule has 2 amide bonds. The van der Waals surface area contributed by atoms with Gasteiger partial charge in [-0.2, -0.15) is 0 Å². The first-order chi connectivity index (χ1) is 13.9. The second-order valence-electron chi connectivity index (χ2n) is 6.99. The molecule has 1 heterocycles. The molecule has 0 spiro atoms. The first kappa shape index (κ1) is 20.1. The van der Waals surface area contributed by atoms with E-state index < -0.39 is 12.0 Å². The summed E-state index contributed by atoms with van der Waals surface area (Å²) in [5, 5.41) is 0. The van der Waals surface area contributed by atoms with Crippen LogP contribution in [0.25, 0.3) is 0 Å². The fraction of sp³-hybridized carbons (Fsp3) is 0.273. The molecule has 29 heavy (non-hydrogen) atoms. The summed E-state index contributed by atoms with van der Waals surface area (Å²) in [6.07, 6.45) is -0.0434. The molecule has 0 aromatic heterocycles. The van der Waals surface area contributed by atoms with Crippen molar-refractivity contribution in [3.8, 4) is 23.3 Å². The van der Waals surface area contributed by atoms with Gasteiger partial charge in [0.25, 0.3) is 5.91 Å². The van der Waals surface area contributed by atoms with Crippen molar-refractivity contribution in [1.82, 2.24) is 10.9 Å². The number of hydrogen-bond acceptors (Lipinski definition) is 5. The molecule has 2 aromatic rings. The van der Waals surface area contributed by atoms with E-state index in [1.807, 2.05) is 56.3 Å². The molecular formula is C22H22N2O5. The molecule has 2 aromatic carbocycles. The van der Waals surface area contributed by atoms with E-state index in [-0.39, 0.29) is 18.8 Å². The van der Waals surface area contributed by atoms with Gasteiger partial charge in [-0.15, -0.1) is 0 Å². The number of amides is 2. The molecule has 0 saturated heterocycles. The molecule has 0 radical (unpaired) electrons. The van der Waals surface area contributed by atoms with E-state index in [1.165, 1.54) is 0 Å². The molecule has 0 unspecified atom stereocenters. The van der Waals surface area contributed by atoms with Gasteiger partial charge in [0, 0.05) is 17.5 Å². The van der Waals surface area contributed by atoms with Gasteiger partial charge in [-0.3, -0.25) is 10.2 Å². The van der Waals surface area contributed by atoms with Gasteiger partial charge >= 0.3 is 6.09 Å². The van der Waals surface area contributed by atoms with Crippen LogP contribution in [0.2, 0.25) is 0 Å². The largest absolute Gasteiger partial charge is 0.483 e. The second kappa shape index (κ2) is 9.02. The van der Waals surface area contributed by atoms with Crippen molar-refractivity contribution >= 4 is 12.0 Å². The summed E-state index contributed by atoms with van der Waals surface area (Å²) in [7, 11) is 0. The molecule has 1 aliphatic heterocycles. The molecular weight excluding hydrogens is 372 g/mol. The van der Waals surface area contributed by atoms with Crippen LogP contribution in [-0.2, 0) is 16.0 Å². The number of carbonyl (C=O) groups excluding carboxylic acids is 2. The first-order valence-electron chi connectivity index (χ1n) is 9.12. The van der Waals surface area contributed by atoms with Crippen LogP contribution in [0.15, 0.2) is 48.5 Å². The highest BCUT2D eigenvalue weighted by Crippen LogP contribution is 2.41. The summed E-state index contributed by atoms with van der Waals surface area (Å²) in [6, 6.07) is 14.9. The predicted octanol–water partition coefficient (Wildman–Crippen LogP) is 2.59. The first-order valence-corrected chi connectivity index (χ1v) is 9.12. The highest BCUT2D eigenvalue weighted by atomic mass is 16.6. The van der Waals surface area contributed by atoms with Crippen molar-refractivity contribution in [3.63, 3.8) is 0 Å². The van der Waals surface area contributed by atoms with E-state index in [1.54, 1.807) is 6.07 Å². The lowest BCUT2D eigenvalue weighted by atomic mass is 10.0. The Morgan fingerprint density at radius 3 is 2.69 bits per heavy atom. The molecule has 2 N–H and O–H groups in total. The van der Waals surface area contributed by atoms with Crippen LogP contribution in [0.4, 0.5) is 4.79 Å². The predicted molar refractivity (Wildman–Crippen MR) is 106 cm³/mol. The Balaban J connectivity index is 1.38. The van der Waals surface area contributed by atoms with Crippen molar-refractivity contribution in [1.29, 1.82) is 0 Å². The Morgan fingerprint density at radius 2 is 1.90 bits per heavy atom. The quantitative estimate of drug-likeness (QED) is 0.615. The highest BCUT2D eigenvalue weighted by molar-refractivity contribution is 5.80. The van der Waals surface area contributed by atoms with Gasteiger partial charge in [0.2, 0.25) is 0 Å². The van der Waals surface area contributed by atoms with Crippen LogP contribution >= 0.6 is 0 Å². The number of rotatable bonds is 4. The lowest BCUT2D eigenvalue weighted by molar-refractivity contribution is -0.124. The topological polar surface area (TPSA) is 85.9 Å². The normalized spacial score (nSPS) is 13.2. The number of fused-ring (bicyclic) bond motifs is 1. The van der Waals surface area contributed by atoms with Gasteiger partial charge < -0.3 is 14.2 Å².